The van der Waals surface area contributed by atoms with Gasteiger partial charge in [0.15, 0.2) is 0 Å². The van der Waals surface area contributed by atoms with E-state index < -0.39 is 0 Å². The summed E-state index contributed by atoms with van der Waals surface area (Å²) in [5.41, 5.74) is 4.07. The monoisotopic (exact) mass is 337 g/mol. The van der Waals surface area contributed by atoms with Gasteiger partial charge in [0, 0.05) is 31.5 Å². The Balaban J connectivity index is 1.70. The first kappa shape index (κ1) is 17.5. The van der Waals surface area contributed by atoms with Gasteiger partial charge in [-0.1, -0.05) is 31.2 Å². The zero-order chi connectivity index (χ0) is 17.6. The number of carbonyl (C=O) groups excluding carboxylic acids is 1. The first-order valence-corrected chi connectivity index (χ1v) is 9.23. The summed E-state index contributed by atoms with van der Waals surface area (Å²) in [4.78, 5) is 19.2. The van der Waals surface area contributed by atoms with Gasteiger partial charge in [0.2, 0.25) is 0 Å². The van der Waals surface area contributed by atoms with Crippen molar-refractivity contribution in [3.63, 3.8) is 0 Å². The summed E-state index contributed by atoms with van der Waals surface area (Å²) in [7, 11) is 0. The molecule has 1 amide bonds. The molecule has 25 heavy (non-hydrogen) atoms. The van der Waals surface area contributed by atoms with Crippen molar-refractivity contribution in [3.8, 4) is 0 Å². The third-order valence-electron chi connectivity index (χ3n) is 5.09. The Bertz CT molecular complexity index is 729. The van der Waals surface area contributed by atoms with E-state index in [1.807, 2.05) is 23.1 Å². The number of pyridine rings is 1. The second-order valence-electron chi connectivity index (χ2n) is 6.80. The Hall–Kier alpha value is -2.36. The lowest BCUT2D eigenvalue weighted by molar-refractivity contribution is 0.0607. The fraction of sp³-hybridized carbons (Fsp3) is 0.429. The molecule has 2 heterocycles. The summed E-state index contributed by atoms with van der Waals surface area (Å²) in [5.74, 6) is 0.110. The highest BCUT2D eigenvalue weighted by molar-refractivity contribution is 5.95. The largest absolute Gasteiger partial charge is 0.380 e. The maximum Gasteiger partial charge on any atom is 0.255 e. The number of rotatable bonds is 5. The summed E-state index contributed by atoms with van der Waals surface area (Å²) < 4.78 is 0. The van der Waals surface area contributed by atoms with E-state index in [0.717, 1.165) is 38.0 Å². The second kappa shape index (κ2) is 8.15. The second-order valence-corrected chi connectivity index (χ2v) is 6.80. The highest BCUT2D eigenvalue weighted by atomic mass is 16.2. The molecule has 1 aliphatic heterocycles. The Morgan fingerprint density at radius 2 is 2.12 bits per heavy atom. The number of anilines is 1. The molecule has 0 radical (unpaired) electrons. The van der Waals surface area contributed by atoms with E-state index >= 15 is 0 Å². The Morgan fingerprint density at radius 1 is 1.28 bits per heavy atom. The standard InChI is InChI=1S/C21H27N3O/c1-3-20-10-6-7-11-24(20)21(25)18-12-19(15-22-13-18)23-14-17-9-5-4-8-16(17)2/h4-5,8-9,12-13,15,20,23H,3,6-7,10-11,14H2,1-2H3. The minimum Gasteiger partial charge on any atom is -0.380 e. The molecule has 1 atom stereocenters. The fourth-order valence-electron chi connectivity index (χ4n) is 3.52. The van der Waals surface area contributed by atoms with Crippen LogP contribution in [-0.4, -0.2) is 28.4 Å². The van der Waals surface area contributed by atoms with Crippen LogP contribution < -0.4 is 5.32 Å². The van der Waals surface area contributed by atoms with Crippen molar-refractivity contribution < 1.29 is 4.79 Å². The molecule has 1 aromatic carbocycles. The Labute approximate surface area is 150 Å². The van der Waals surface area contributed by atoms with Crippen LogP contribution in [0.2, 0.25) is 0 Å². The number of carbonyl (C=O) groups is 1. The molecule has 1 aliphatic rings. The molecule has 4 heteroatoms. The fourth-order valence-corrected chi connectivity index (χ4v) is 3.52. The number of nitrogens with zero attached hydrogens (tertiary/aromatic N) is 2. The zero-order valence-electron chi connectivity index (χ0n) is 15.2. The first-order valence-electron chi connectivity index (χ1n) is 9.23. The first-order chi connectivity index (χ1) is 12.2. The van der Waals surface area contributed by atoms with Crippen LogP contribution in [0.15, 0.2) is 42.7 Å². The van der Waals surface area contributed by atoms with Crippen molar-refractivity contribution in [2.45, 2.75) is 52.1 Å². The predicted octanol–water partition coefficient (Wildman–Crippen LogP) is 4.41. The molecule has 4 nitrogen and oxygen atoms in total. The van der Waals surface area contributed by atoms with Gasteiger partial charge in [-0.25, -0.2) is 0 Å². The van der Waals surface area contributed by atoms with Gasteiger partial charge in [-0.05, 0) is 49.8 Å². The van der Waals surface area contributed by atoms with Crippen molar-refractivity contribution in [3.05, 3.63) is 59.4 Å². The van der Waals surface area contributed by atoms with E-state index in [1.54, 1.807) is 12.4 Å². The lowest BCUT2D eigenvalue weighted by Gasteiger charge is -2.35. The van der Waals surface area contributed by atoms with E-state index in [1.165, 1.54) is 17.5 Å². The maximum atomic E-state index is 12.9. The summed E-state index contributed by atoms with van der Waals surface area (Å²) in [6.45, 7) is 5.86. The normalized spacial score (nSPS) is 17.4. The van der Waals surface area contributed by atoms with E-state index in [-0.39, 0.29) is 5.91 Å². The third kappa shape index (κ3) is 4.19. The van der Waals surface area contributed by atoms with Gasteiger partial charge >= 0.3 is 0 Å². The van der Waals surface area contributed by atoms with Crippen LogP contribution in [0.5, 0.6) is 0 Å². The van der Waals surface area contributed by atoms with Crippen LogP contribution in [0.3, 0.4) is 0 Å². The number of nitrogens with one attached hydrogen (secondary N) is 1. The maximum absolute atomic E-state index is 12.9. The van der Waals surface area contributed by atoms with Crippen molar-refractivity contribution in [2.75, 3.05) is 11.9 Å². The molecule has 1 fully saturated rings. The molecule has 1 unspecified atom stereocenters. The summed E-state index contributed by atoms with van der Waals surface area (Å²) in [5, 5.41) is 3.39. The molecule has 2 aromatic rings. The number of amides is 1. The van der Waals surface area contributed by atoms with E-state index in [2.05, 4.69) is 36.3 Å². The number of hydrogen-bond acceptors (Lipinski definition) is 3. The average Bonchev–Trinajstić information content (AvgIpc) is 2.67. The van der Waals surface area contributed by atoms with Crippen LogP contribution >= 0.6 is 0 Å². The van der Waals surface area contributed by atoms with E-state index in [9.17, 15) is 4.79 Å². The quantitative estimate of drug-likeness (QED) is 0.879. The zero-order valence-corrected chi connectivity index (χ0v) is 15.2. The summed E-state index contributed by atoms with van der Waals surface area (Å²) in [6.07, 6.45) is 7.91. The highest BCUT2D eigenvalue weighted by Crippen LogP contribution is 2.22. The third-order valence-corrected chi connectivity index (χ3v) is 5.09. The molecule has 132 valence electrons. The predicted molar refractivity (Wildman–Crippen MR) is 102 cm³/mol. The highest BCUT2D eigenvalue weighted by Gasteiger charge is 2.26. The molecule has 0 saturated carbocycles. The number of aryl methyl sites for hydroxylation is 1. The summed E-state index contributed by atoms with van der Waals surface area (Å²) >= 11 is 0. The molecule has 3 rings (SSSR count). The lowest BCUT2D eigenvalue weighted by Crippen LogP contribution is -2.43. The van der Waals surface area contributed by atoms with Gasteiger partial charge in [-0.3, -0.25) is 9.78 Å². The van der Waals surface area contributed by atoms with Crippen LogP contribution in [0.1, 0.15) is 54.1 Å². The Morgan fingerprint density at radius 3 is 2.92 bits per heavy atom. The van der Waals surface area contributed by atoms with Gasteiger partial charge < -0.3 is 10.2 Å². The molecule has 0 bridgehead atoms. The number of benzene rings is 1. The van der Waals surface area contributed by atoms with Gasteiger partial charge in [-0.2, -0.15) is 0 Å². The molecular weight excluding hydrogens is 310 g/mol. The Kier molecular flexibility index (Phi) is 5.69. The number of aromatic nitrogens is 1. The van der Waals surface area contributed by atoms with Gasteiger partial charge in [0.05, 0.1) is 11.3 Å². The molecule has 0 spiro atoms. The van der Waals surface area contributed by atoms with Crippen LogP contribution in [0, 0.1) is 6.92 Å². The smallest absolute Gasteiger partial charge is 0.255 e. The SMILES string of the molecule is CCC1CCCCN1C(=O)c1cncc(NCc2ccccc2C)c1. The van der Waals surface area contributed by atoms with E-state index in [4.69, 9.17) is 0 Å². The van der Waals surface area contributed by atoms with Crippen molar-refractivity contribution in [1.29, 1.82) is 0 Å². The minimum atomic E-state index is 0.110. The molecular formula is C21H27N3O. The van der Waals surface area contributed by atoms with Gasteiger partial charge in [0.1, 0.15) is 0 Å². The average molecular weight is 337 g/mol. The van der Waals surface area contributed by atoms with Crippen molar-refractivity contribution in [1.82, 2.24) is 9.88 Å². The van der Waals surface area contributed by atoms with Crippen molar-refractivity contribution >= 4 is 11.6 Å². The molecule has 0 aliphatic carbocycles. The van der Waals surface area contributed by atoms with Crippen LogP contribution in [0.4, 0.5) is 5.69 Å². The number of likely N-dealkylation sites (tertiary alicyclic amines) is 1. The van der Waals surface area contributed by atoms with Crippen LogP contribution in [0.25, 0.3) is 0 Å². The van der Waals surface area contributed by atoms with Crippen molar-refractivity contribution in [2.24, 2.45) is 0 Å². The van der Waals surface area contributed by atoms with Crippen LogP contribution in [-0.2, 0) is 6.54 Å². The molecule has 1 N–H and O–H groups in total. The summed E-state index contributed by atoms with van der Waals surface area (Å²) in [6, 6.07) is 10.6. The lowest BCUT2D eigenvalue weighted by atomic mass is 9.99. The van der Waals surface area contributed by atoms with Gasteiger partial charge in [0.25, 0.3) is 5.91 Å². The van der Waals surface area contributed by atoms with E-state index in [0.29, 0.717) is 11.6 Å². The number of piperidine rings is 1. The minimum absolute atomic E-state index is 0.110. The topological polar surface area (TPSA) is 45.2 Å². The van der Waals surface area contributed by atoms with Gasteiger partial charge in [-0.15, -0.1) is 0 Å². The molecule has 1 aromatic heterocycles. The molecule has 1 saturated heterocycles. The number of hydrogen-bond donors (Lipinski definition) is 1.